The van der Waals surface area contributed by atoms with Crippen molar-refractivity contribution < 1.29 is 0 Å². The summed E-state index contributed by atoms with van der Waals surface area (Å²) >= 11 is 0. The Balaban J connectivity index is 3.74. The van der Waals surface area contributed by atoms with Gasteiger partial charge in [-0.15, -0.1) is 4.85 Å². The van der Waals surface area contributed by atoms with Crippen LogP contribution in [0.25, 0.3) is 0 Å². The minimum atomic E-state index is 2.64. The smallest absolute Gasteiger partial charge is 0.0197 e. The first-order valence-corrected chi connectivity index (χ1v) is 3.33. The summed E-state index contributed by atoms with van der Waals surface area (Å²) in [7, 11) is 2.64. The Kier molecular flexibility index (Phi) is 9.58. The van der Waals surface area contributed by atoms with Gasteiger partial charge in [0.2, 0.25) is 0 Å². The lowest BCUT2D eigenvalue weighted by atomic mass is 12.3. The maximum atomic E-state index is 4.58. The standard InChI is InChI=1S/H3N14P/c1-2-3-4-5-6-7-8-9-10-11-12-13-14-15/h15H,(H2,1,3,5,7,9,11,13). The third-order valence-corrected chi connectivity index (χ3v) is 0.586. The van der Waals surface area contributed by atoms with Gasteiger partial charge in [-0.1, -0.05) is 5.22 Å². The van der Waals surface area contributed by atoms with Crippen LogP contribution in [0.1, 0.15) is 0 Å². The van der Waals surface area contributed by atoms with E-state index in [4.69, 9.17) is 0 Å². The van der Waals surface area contributed by atoms with Gasteiger partial charge in [-0.25, -0.2) is 0 Å². The highest BCUT2D eigenvalue weighted by Crippen LogP contribution is 1.87. The second kappa shape index (κ2) is 11.5. The average Bonchev–Trinajstić information content (AvgIpc) is 2.26. The highest BCUT2D eigenvalue weighted by Gasteiger charge is 1.68. The number of nitrogens with zero attached hydrogens (tertiary/aromatic N) is 13. The predicted octanol–water partition coefficient (Wildman–Crippen LogP) is 2.39. The molecule has 0 aliphatic rings. The van der Waals surface area contributed by atoms with Crippen molar-refractivity contribution >= 4 is 9.03 Å². The minimum Gasteiger partial charge on any atom is -0.303 e. The van der Waals surface area contributed by atoms with Crippen molar-refractivity contribution in [2.75, 3.05) is 0 Å². The molecule has 0 aliphatic carbocycles. The van der Waals surface area contributed by atoms with Gasteiger partial charge in [-0.05, 0) is 57.5 Å². The molecule has 0 aliphatic heterocycles. The van der Waals surface area contributed by atoms with Gasteiger partial charge in [0, 0.05) is 9.03 Å². The molecule has 0 amide bonds. The summed E-state index contributed by atoms with van der Waals surface area (Å²) in [6, 6.07) is 0. The summed E-state index contributed by atoms with van der Waals surface area (Å²) in [6.45, 7) is 0. The molecular formula is H3N14P. The second-order valence-electron chi connectivity index (χ2n) is 1.20. The zero-order chi connectivity index (χ0) is 11.2. The highest BCUT2D eigenvalue weighted by atomic mass is 31.0. The fourth-order valence-corrected chi connectivity index (χ4v) is 0.244. The Hall–Kier alpha value is -2.50. The summed E-state index contributed by atoms with van der Waals surface area (Å²) in [5.74, 6) is 4.58. The van der Waals surface area contributed by atoms with Crippen LogP contribution in [0, 0.1) is 0 Å². The SMILES string of the molecule is NN=NN=NN=NN=NN=NN=NN=P. The molecule has 0 bridgehead atoms. The van der Waals surface area contributed by atoms with Gasteiger partial charge in [0.15, 0.2) is 0 Å². The Morgan fingerprint density at radius 2 is 0.867 bits per heavy atom. The number of nitrogens with two attached hydrogens (primary N) is 1. The van der Waals surface area contributed by atoms with Crippen molar-refractivity contribution in [2.24, 2.45) is 73.4 Å². The highest BCUT2D eigenvalue weighted by molar-refractivity contribution is 7.03. The van der Waals surface area contributed by atoms with E-state index < -0.39 is 0 Å². The minimum absolute atomic E-state index is 2.64. The van der Waals surface area contributed by atoms with Crippen LogP contribution in [-0.4, -0.2) is 0 Å². The fourth-order valence-electron chi connectivity index (χ4n) is 0.204. The molecular weight excluding hydrogens is 227 g/mol. The van der Waals surface area contributed by atoms with E-state index in [9.17, 15) is 0 Å². The summed E-state index contributed by atoms with van der Waals surface area (Å²) < 4.78 is 0. The van der Waals surface area contributed by atoms with Crippen molar-refractivity contribution in [3.05, 3.63) is 0 Å². The van der Waals surface area contributed by atoms with Gasteiger partial charge in [0.1, 0.15) is 0 Å². The molecule has 2 N–H and O–H groups in total. The molecule has 0 atom stereocenters. The van der Waals surface area contributed by atoms with Gasteiger partial charge in [-0.3, -0.25) is 0 Å². The van der Waals surface area contributed by atoms with E-state index in [1.807, 2.05) is 0 Å². The first-order valence-electron chi connectivity index (χ1n) is 2.88. The van der Waals surface area contributed by atoms with Gasteiger partial charge in [-0.2, -0.15) is 0 Å². The molecule has 15 heavy (non-hydrogen) atoms. The maximum absolute atomic E-state index is 4.58. The zero-order valence-corrected chi connectivity index (χ0v) is 7.89. The summed E-state index contributed by atoms with van der Waals surface area (Å²) in [5, 5.41) is 35.5. The van der Waals surface area contributed by atoms with Crippen LogP contribution in [0.4, 0.5) is 0 Å². The maximum Gasteiger partial charge on any atom is 0.0197 e. The first-order chi connectivity index (χ1) is 7.41. The Morgan fingerprint density at radius 3 is 1.20 bits per heavy atom. The number of rotatable bonds is 6. The third kappa shape index (κ3) is 11.5. The first kappa shape index (κ1) is 12.5. The van der Waals surface area contributed by atoms with E-state index in [1.54, 1.807) is 0 Å². The normalized spacial score (nSPS) is 13.6. The van der Waals surface area contributed by atoms with E-state index in [2.05, 4.69) is 82.4 Å². The lowest BCUT2D eigenvalue weighted by Gasteiger charge is -1.68. The molecule has 0 aromatic rings. The summed E-state index contributed by atoms with van der Waals surface area (Å²) in [4.78, 5) is 3.05. The largest absolute Gasteiger partial charge is 0.303 e. The number of hydrogen-bond acceptors (Lipinski definition) is 1. The topological polar surface area (TPSA) is 187 Å². The molecule has 14 nitrogen and oxygen atoms in total. The van der Waals surface area contributed by atoms with Crippen molar-refractivity contribution in [3.8, 4) is 0 Å². The average molecular weight is 230 g/mol. The fraction of sp³-hybridized carbons (Fsp3) is 0. The monoisotopic (exact) mass is 230 g/mol. The summed E-state index contributed by atoms with van der Waals surface area (Å²) in [6.07, 6.45) is 0. The molecule has 0 saturated carbocycles. The molecule has 0 radical (unpaired) electrons. The predicted molar refractivity (Wildman–Crippen MR) is 44.1 cm³/mol. The second-order valence-corrected chi connectivity index (χ2v) is 1.40. The van der Waals surface area contributed by atoms with E-state index in [1.165, 1.54) is 0 Å². The molecule has 0 fully saturated rings. The van der Waals surface area contributed by atoms with Crippen molar-refractivity contribution in [2.45, 2.75) is 0 Å². The van der Waals surface area contributed by atoms with Gasteiger partial charge >= 0.3 is 0 Å². The molecule has 0 rings (SSSR count). The van der Waals surface area contributed by atoms with Crippen LogP contribution < -0.4 is 5.84 Å². The molecule has 0 aromatic carbocycles. The van der Waals surface area contributed by atoms with E-state index in [0.717, 1.165) is 0 Å². The molecule has 15 heteroatoms. The van der Waals surface area contributed by atoms with Gasteiger partial charge in [0.25, 0.3) is 0 Å². The van der Waals surface area contributed by atoms with Gasteiger partial charge < -0.3 is 5.84 Å². The Morgan fingerprint density at radius 1 is 0.533 bits per heavy atom. The Labute approximate surface area is 83.4 Å². The Bertz CT molecular complexity index is 312. The molecule has 0 heterocycles. The van der Waals surface area contributed by atoms with Crippen LogP contribution in [0.5, 0.6) is 0 Å². The quantitative estimate of drug-likeness (QED) is 0.312. The zero-order valence-electron chi connectivity index (χ0n) is 6.89. The molecule has 0 unspecified atom stereocenters. The van der Waals surface area contributed by atoms with E-state index in [-0.39, 0.29) is 0 Å². The lowest BCUT2D eigenvalue weighted by molar-refractivity contribution is 0.755. The molecule has 78 valence electrons. The van der Waals surface area contributed by atoms with Crippen LogP contribution in [0.2, 0.25) is 0 Å². The van der Waals surface area contributed by atoms with Crippen molar-refractivity contribution in [1.29, 1.82) is 0 Å². The van der Waals surface area contributed by atoms with Gasteiger partial charge in [0.05, 0.1) is 0 Å². The summed E-state index contributed by atoms with van der Waals surface area (Å²) in [5.41, 5.74) is 0. The third-order valence-electron chi connectivity index (χ3n) is 0.496. The molecule has 0 spiro atoms. The van der Waals surface area contributed by atoms with Crippen LogP contribution in [-0.2, 0) is 0 Å². The van der Waals surface area contributed by atoms with Crippen molar-refractivity contribution in [3.63, 3.8) is 0 Å². The van der Waals surface area contributed by atoms with E-state index >= 15 is 0 Å². The molecule has 0 saturated heterocycles. The lowest BCUT2D eigenvalue weighted by Crippen LogP contribution is -1.70. The van der Waals surface area contributed by atoms with Crippen LogP contribution >= 0.6 is 9.03 Å². The van der Waals surface area contributed by atoms with Crippen molar-refractivity contribution in [1.82, 2.24) is 0 Å². The van der Waals surface area contributed by atoms with E-state index in [0.29, 0.717) is 0 Å². The van der Waals surface area contributed by atoms with Crippen LogP contribution in [0.15, 0.2) is 67.5 Å². The number of hydrogen-bond donors (Lipinski definition) is 1. The van der Waals surface area contributed by atoms with Crippen LogP contribution in [0.3, 0.4) is 0 Å². The molecule has 0 aromatic heterocycles.